The van der Waals surface area contributed by atoms with Crippen molar-refractivity contribution in [3.05, 3.63) is 93.5 Å². The monoisotopic (exact) mass is 746 g/mol. The van der Waals surface area contributed by atoms with E-state index in [0.717, 1.165) is 5.56 Å². The van der Waals surface area contributed by atoms with Crippen LogP contribution < -0.4 is 14.8 Å². The standard InChI is InChI=1S/C37H47ClN2O12/c1-25(37(46)52-29-16-13-26(14-17-29)19-21-49-36(45)12-7-20-51-40(47)48)39-35(44)11-5-3-2-4-10-31-32(34(43)23-33(31)42)18-15-28(41)24-50-30-9-6-8-27(38)22-30/h2,4,6,8-9,13-18,22,25,28,31-34,41-43H,3,5,7,10-12,19-21,23-24H2,1H3,(H,39,44)/t25?,28-,31-,32-,33+,34-/m1/s1. The van der Waals surface area contributed by atoms with Gasteiger partial charge in [-0.25, -0.2) is 4.79 Å². The van der Waals surface area contributed by atoms with Gasteiger partial charge < -0.3 is 39.7 Å². The summed E-state index contributed by atoms with van der Waals surface area (Å²) in [6.07, 6.45) is 7.47. The number of aliphatic hydroxyl groups excluding tert-OH is 3. The number of nitrogens with one attached hydrogen (secondary N) is 1. The van der Waals surface area contributed by atoms with Gasteiger partial charge >= 0.3 is 11.9 Å². The lowest BCUT2D eigenvalue weighted by Gasteiger charge is -2.19. The molecule has 15 heteroatoms. The van der Waals surface area contributed by atoms with Crippen molar-refractivity contribution in [3.8, 4) is 11.5 Å². The number of allylic oxidation sites excluding steroid dienone is 2. The molecular formula is C37H47ClN2O12. The number of ether oxygens (including phenoxy) is 3. The fraction of sp³-hybridized carbons (Fsp3) is 0.486. The summed E-state index contributed by atoms with van der Waals surface area (Å²) >= 11 is 5.95. The Balaban J connectivity index is 1.30. The predicted molar refractivity (Wildman–Crippen MR) is 190 cm³/mol. The molecule has 0 bridgehead atoms. The number of amides is 1. The Morgan fingerprint density at radius 2 is 1.81 bits per heavy atom. The largest absolute Gasteiger partial charge is 0.491 e. The van der Waals surface area contributed by atoms with Crippen LogP contribution in [0.1, 0.15) is 57.4 Å². The molecule has 14 nitrogen and oxygen atoms in total. The van der Waals surface area contributed by atoms with E-state index in [1.807, 2.05) is 12.2 Å². The maximum absolute atomic E-state index is 12.5. The molecule has 6 atom stereocenters. The van der Waals surface area contributed by atoms with Crippen LogP contribution in [0.2, 0.25) is 5.02 Å². The van der Waals surface area contributed by atoms with Crippen LogP contribution >= 0.6 is 11.6 Å². The third-order valence-electron chi connectivity index (χ3n) is 8.29. The molecule has 1 fully saturated rings. The first-order chi connectivity index (χ1) is 24.9. The molecule has 1 amide bonds. The Hall–Kier alpha value is -4.50. The minimum Gasteiger partial charge on any atom is -0.491 e. The van der Waals surface area contributed by atoms with Gasteiger partial charge in [-0.1, -0.05) is 54.1 Å². The molecule has 2 aromatic carbocycles. The average molecular weight is 747 g/mol. The summed E-state index contributed by atoms with van der Waals surface area (Å²) < 4.78 is 16.0. The quantitative estimate of drug-likeness (QED) is 0.0333. The van der Waals surface area contributed by atoms with Gasteiger partial charge in [0.25, 0.3) is 5.09 Å². The van der Waals surface area contributed by atoms with E-state index >= 15 is 0 Å². The Kier molecular flexibility index (Phi) is 18.1. The summed E-state index contributed by atoms with van der Waals surface area (Å²) in [5.41, 5.74) is 0.834. The van der Waals surface area contributed by atoms with Crippen molar-refractivity contribution in [1.29, 1.82) is 0 Å². The van der Waals surface area contributed by atoms with E-state index in [2.05, 4.69) is 10.2 Å². The van der Waals surface area contributed by atoms with Crippen LogP contribution in [0.15, 0.2) is 72.8 Å². The van der Waals surface area contributed by atoms with Crippen LogP contribution in [0.4, 0.5) is 0 Å². The summed E-state index contributed by atoms with van der Waals surface area (Å²) in [5, 5.41) is 43.7. The molecule has 0 aromatic heterocycles. The average Bonchev–Trinajstić information content (AvgIpc) is 3.37. The normalized spacial score (nSPS) is 19.6. The zero-order chi connectivity index (χ0) is 37.9. The van der Waals surface area contributed by atoms with E-state index in [1.165, 1.54) is 6.92 Å². The molecule has 1 unspecified atom stereocenters. The van der Waals surface area contributed by atoms with Crippen LogP contribution in [0.3, 0.4) is 0 Å². The van der Waals surface area contributed by atoms with E-state index in [0.29, 0.717) is 42.2 Å². The number of nitrogens with zero attached hydrogens (tertiary/aromatic N) is 1. The van der Waals surface area contributed by atoms with Gasteiger partial charge in [0.2, 0.25) is 5.91 Å². The molecule has 2 aromatic rings. The first kappa shape index (κ1) is 41.9. The number of unbranched alkanes of at least 4 members (excludes halogenated alkanes) is 1. The van der Waals surface area contributed by atoms with Crippen LogP contribution in [-0.4, -0.2) is 82.4 Å². The highest BCUT2D eigenvalue weighted by Gasteiger charge is 2.39. The summed E-state index contributed by atoms with van der Waals surface area (Å²) in [6, 6.07) is 12.6. The van der Waals surface area contributed by atoms with Gasteiger partial charge in [-0.15, -0.1) is 10.1 Å². The number of carbonyl (C=O) groups is 3. The number of hydrogen-bond donors (Lipinski definition) is 4. The first-order valence-corrected chi connectivity index (χ1v) is 17.6. The second-order valence-electron chi connectivity index (χ2n) is 12.4. The van der Waals surface area contributed by atoms with Crippen LogP contribution in [0, 0.1) is 22.0 Å². The molecule has 4 N–H and O–H groups in total. The molecule has 1 saturated carbocycles. The second kappa shape index (κ2) is 22.4. The van der Waals surface area contributed by atoms with Gasteiger partial charge in [0.05, 0.1) is 25.4 Å². The topological polar surface area (TPSA) is 204 Å². The zero-order valence-corrected chi connectivity index (χ0v) is 29.8. The second-order valence-corrected chi connectivity index (χ2v) is 12.9. The van der Waals surface area contributed by atoms with Crippen LogP contribution in [0.25, 0.3) is 0 Å². The maximum atomic E-state index is 12.5. The molecule has 0 saturated heterocycles. The molecule has 0 radical (unpaired) electrons. The highest BCUT2D eigenvalue weighted by molar-refractivity contribution is 6.30. The summed E-state index contributed by atoms with van der Waals surface area (Å²) in [6.45, 7) is 1.48. The molecule has 3 rings (SSSR count). The van der Waals surface area contributed by atoms with E-state index < -0.39 is 41.4 Å². The lowest BCUT2D eigenvalue weighted by Crippen LogP contribution is -2.40. The number of carbonyl (C=O) groups excluding carboxylic acids is 3. The highest BCUT2D eigenvalue weighted by Crippen LogP contribution is 2.36. The predicted octanol–water partition coefficient (Wildman–Crippen LogP) is 4.29. The number of halogens is 1. The molecule has 1 aliphatic rings. The Morgan fingerprint density at radius 3 is 2.54 bits per heavy atom. The lowest BCUT2D eigenvalue weighted by atomic mass is 9.89. The maximum Gasteiger partial charge on any atom is 0.333 e. The fourth-order valence-electron chi connectivity index (χ4n) is 5.52. The van der Waals surface area contributed by atoms with Gasteiger partial charge in [-0.3, -0.25) is 9.59 Å². The smallest absolute Gasteiger partial charge is 0.333 e. The van der Waals surface area contributed by atoms with Gasteiger partial charge in [-0.2, -0.15) is 0 Å². The number of benzene rings is 2. The molecular weight excluding hydrogens is 700 g/mol. The SMILES string of the molecule is CC(NC(=O)CCCC=CC[C@@H]1[C@@H](C=C[C@@H](O)COc2cccc(Cl)c2)[C@H](O)C[C@@H]1O)C(=O)Oc1ccc(CCOC(=O)CCCO[N+](=O)[O-])cc1. The molecule has 0 aliphatic heterocycles. The van der Waals surface area contributed by atoms with Crippen molar-refractivity contribution in [3.63, 3.8) is 0 Å². The van der Waals surface area contributed by atoms with Crippen molar-refractivity contribution in [1.82, 2.24) is 5.32 Å². The highest BCUT2D eigenvalue weighted by atomic mass is 35.5. The Labute approximate surface area is 307 Å². The number of hydrogen-bond acceptors (Lipinski definition) is 12. The molecule has 52 heavy (non-hydrogen) atoms. The van der Waals surface area contributed by atoms with E-state index in [1.54, 1.807) is 60.7 Å². The Morgan fingerprint density at radius 1 is 1.04 bits per heavy atom. The van der Waals surface area contributed by atoms with Gasteiger partial charge in [0.1, 0.15) is 30.3 Å². The van der Waals surface area contributed by atoms with Gasteiger partial charge in [0, 0.05) is 36.6 Å². The van der Waals surface area contributed by atoms with E-state index in [4.69, 9.17) is 25.8 Å². The zero-order valence-electron chi connectivity index (χ0n) is 29.0. The third kappa shape index (κ3) is 15.8. The van der Waals surface area contributed by atoms with Crippen LogP contribution in [-0.2, 0) is 30.4 Å². The number of rotatable bonds is 22. The van der Waals surface area contributed by atoms with Gasteiger partial charge in [-0.05, 0) is 74.4 Å². The van der Waals surface area contributed by atoms with Crippen molar-refractivity contribution in [2.75, 3.05) is 19.8 Å². The molecule has 284 valence electrons. The van der Waals surface area contributed by atoms with Gasteiger partial charge in [0.15, 0.2) is 0 Å². The summed E-state index contributed by atoms with van der Waals surface area (Å²) in [4.78, 5) is 50.9. The molecule has 0 spiro atoms. The number of aliphatic hydroxyl groups is 3. The Bertz CT molecular complexity index is 1500. The minimum absolute atomic E-state index is 0.00495. The van der Waals surface area contributed by atoms with Crippen molar-refractivity contribution >= 4 is 29.4 Å². The van der Waals surface area contributed by atoms with Crippen molar-refractivity contribution in [2.45, 2.75) is 82.6 Å². The van der Waals surface area contributed by atoms with Crippen molar-refractivity contribution in [2.24, 2.45) is 11.8 Å². The summed E-state index contributed by atoms with van der Waals surface area (Å²) in [7, 11) is 0. The lowest BCUT2D eigenvalue weighted by molar-refractivity contribution is -0.757. The van der Waals surface area contributed by atoms with Crippen molar-refractivity contribution < 1.29 is 53.8 Å². The third-order valence-corrected chi connectivity index (χ3v) is 8.52. The molecule has 1 aliphatic carbocycles. The van der Waals surface area contributed by atoms with E-state index in [-0.39, 0.29) is 63.2 Å². The molecule has 0 heterocycles. The van der Waals surface area contributed by atoms with E-state index in [9.17, 15) is 39.8 Å². The minimum atomic E-state index is -0.917. The first-order valence-electron chi connectivity index (χ1n) is 17.2. The summed E-state index contributed by atoms with van der Waals surface area (Å²) in [5.74, 6) is -1.16. The van der Waals surface area contributed by atoms with Crippen LogP contribution in [0.5, 0.6) is 11.5 Å². The number of esters is 2. The fourth-order valence-corrected chi connectivity index (χ4v) is 5.70.